The second kappa shape index (κ2) is 12.7. The summed E-state index contributed by atoms with van der Waals surface area (Å²) in [5, 5.41) is 19.0. The molecule has 8 heteroatoms. The minimum absolute atomic E-state index is 0.100. The van der Waals surface area contributed by atoms with Crippen LogP contribution in [0.1, 0.15) is 63.9 Å². The van der Waals surface area contributed by atoms with E-state index in [4.69, 9.17) is 14.6 Å². The summed E-state index contributed by atoms with van der Waals surface area (Å²) in [7, 11) is 1.65. The van der Waals surface area contributed by atoms with Crippen molar-refractivity contribution < 1.29 is 34.1 Å². The van der Waals surface area contributed by atoms with Crippen LogP contribution in [-0.4, -0.2) is 65.9 Å². The third-order valence-corrected chi connectivity index (χ3v) is 8.17. The molecule has 2 aliphatic heterocycles. The van der Waals surface area contributed by atoms with Gasteiger partial charge >= 0.3 is 5.97 Å². The van der Waals surface area contributed by atoms with Gasteiger partial charge in [-0.05, 0) is 55.7 Å². The van der Waals surface area contributed by atoms with E-state index >= 15 is 0 Å². The Bertz CT molecular complexity index is 1110. The lowest BCUT2D eigenvalue weighted by Gasteiger charge is -2.31. The summed E-state index contributed by atoms with van der Waals surface area (Å²) in [5.41, 5.74) is 4.22. The Morgan fingerprint density at radius 3 is 2.63 bits per heavy atom. The van der Waals surface area contributed by atoms with Crippen molar-refractivity contribution in [3.63, 3.8) is 0 Å². The van der Waals surface area contributed by atoms with Gasteiger partial charge in [0.05, 0.1) is 31.2 Å². The van der Waals surface area contributed by atoms with Crippen molar-refractivity contribution in [2.24, 2.45) is 17.8 Å². The number of imide groups is 1. The third kappa shape index (κ3) is 6.02. The molecule has 0 spiro atoms. The molecule has 206 valence electrons. The lowest BCUT2D eigenvalue weighted by atomic mass is 9.69. The molecule has 0 unspecified atom stereocenters. The highest BCUT2D eigenvalue weighted by atomic mass is 16.5. The quantitative estimate of drug-likeness (QED) is 0.220. The first-order valence-electron chi connectivity index (χ1n) is 13.7. The largest absolute Gasteiger partial charge is 0.507 e. The molecular formula is C30H39NO7. The zero-order valence-electron chi connectivity index (χ0n) is 22.4. The number of aromatic hydroxyl groups is 1. The highest BCUT2D eigenvalue weighted by Crippen LogP contribution is 2.50. The third-order valence-electron chi connectivity index (χ3n) is 8.17. The number of benzene rings is 1. The number of methoxy groups -OCH3 is 1. The summed E-state index contributed by atoms with van der Waals surface area (Å²) in [4.78, 5) is 38.9. The molecule has 2 fully saturated rings. The molecule has 1 aromatic carbocycles. The fraction of sp³-hybridized carbons (Fsp3) is 0.567. The number of phenolic OH excluding ortho intramolecular Hbond substituents is 1. The van der Waals surface area contributed by atoms with Gasteiger partial charge in [-0.3, -0.25) is 19.3 Å². The van der Waals surface area contributed by atoms with Gasteiger partial charge < -0.3 is 19.7 Å². The maximum Gasteiger partial charge on any atom is 0.303 e. The minimum atomic E-state index is -0.829. The van der Waals surface area contributed by atoms with Crippen LogP contribution in [-0.2, 0) is 23.9 Å². The van der Waals surface area contributed by atoms with Gasteiger partial charge in [0.2, 0.25) is 11.8 Å². The van der Waals surface area contributed by atoms with Crippen molar-refractivity contribution in [1.82, 2.24) is 4.90 Å². The molecule has 0 radical (unpaired) electrons. The number of unbranched alkanes of at least 4 members (excludes halogenated alkanes) is 2. The van der Waals surface area contributed by atoms with Gasteiger partial charge in [-0.1, -0.05) is 43.2 Å². The molecule has 1 aliphatic carbocycles. The SMILES string of the molecule is CC/C(=C\c1ccccc1O)CC[C@H]1OC[C@H]2C1=C(COC)C[C@H]1C(=O)N(CCCCCC(=O)O)C(=O)[C@H]12. The molecule has 38 heavy (non-hydrogen) atoms. The number of likely N-dealkylation sites (tertiary alicyclic amines) is 1. The van der Waals surface area contributed by atoms with Crippen LogP contribution < -0.4 is 0 Å². The second-order valence-corrected chi connectivity index (χ2v) is 10.5. The zero-order chi connectivity index (χ0) is 27.2. The molecule has 4 atom stereocenters. The van der Waals surface area contributed by atoms with E-state index in [9.17, 15) is 19.5 Å². The van der Waals surface area contributed by atoms with Crippen LogP contribution >= 0.6 is 0 Å². The van der Waals surface area contributed by atoms with E-state index in [1.165, 1.54) is 10.5 Å². The number of nitrogens with zero attached hydrogens (tertiary/aromatic N) is 1. The maximum atomic E-state index is 13.5. The maximum absolute atomic E-state index is 13.5. The van der Waals surface area contributed by atoms with Crippen LogP contribution in [0.4, 0.5) is 0 Å². The average molecular weight is 526 g/mol. The fourth-order valence-corrected chi connectivity index (χ4v) is 6.29. The summed E-state index contributed by atoms with van der Waals surface area (Å²) in [6.07, 6.45) is 6.76. The van der Waals surface area contributed by atoms with Gasteiger partial charge in [-0.2, -0.15) is 0 Å². The van der Waals surface area contributed by atoms with Gasteiger partial charge in [0.15, 0.2) is 0 Å². The van der Waals surface area contributed by atoms with E-state index in [-0.39, 0.29) is 41.9 Å². The second-order valence-electron chi connectivity index (χ2n) is 10.5. The summed E-state index contributed by atoms with van der Waals surface area (Å²) in [6, 6.07) is 7.29. The number of rotatable bonds is 13. The number of para-hydroxylation sites is 1. The number of allylic oxidation sites excluding steroid dienone is 1. The summed E-state index contributed by atoms with van der Waals surface area (Å²) in [5.74, 6) is -1.70. The highest BCUT2D eigenvalue weighted by Gasteiger charge is 2.56. The normalized spacial score (nSPS) is 25.2. The van der Waals surface area contributed by atoms with Crippen LogP contribution in [0.5, 0.6) is 5.75 Å². The Morgan fingerprint density at radius 1 is 1.13 bits per heavy atom. The summed E-state index contributed by atoms with van der Waals surface area (Å²) >= 11 is 0. The number of hydrogen-bond donors (Lipinski definition) is 2. The topological polar surface area (TPSA) is 113 Å². The number of aliphatic carboxylic acids is 1. The Morgan fingerprint density at radius 2 is 1.92 bits per heavy atom. The number of carboxylic acid groups (broad SMARTS) is 1. The van der Waals surface area contributed by atoms with Gasteiger partial charge in [0.25, 0.3) is 0 Å². The van der Waals surface area contributed by atoms with Crippen molar-refractivity contribution in [3.05, 3.63) is 46.5 Å². The van der Waals surface area contributed by atoms with Crippen LogP contribution in [0.3, 0.4) is 0 Å². The summed E-state index contributed by atoms with van der Waals surface area (Å²) in [6.45, 7) is 3.28. The standard InChI is InChI=1S/C30H39NO7/c1-3-19(15-20-9-6-7-10-24(20)32)12-13-25-27-21(17-37-2)16-22-28(23(27)18-38-25)30(36)31(29(22)35)14-8-4-5-11-26(33)34/h6-7,9-10,15,22-23,25,28,32H,3-5,8,11-14,16-18H2,1-2H3,(H,33,34)/b19-15+/t22-,23+,25-,28-/m1/s1. The van der Waals surface area contributed by atoms with E-state index in [1.807, 2.05) is 18.2 Å². The first-order valence-corrected chi connectivity index (χ1v) is 13.7. The van der Waals surface area contributed by atoms with Crippen molar-refractivity contribution in [3.8, 4) is 5.75 Å². The first-order chi connectivity index (χ1) is 18.3. The van der Waals surface area contributed by atoms with Gasteiger partial charge in [0, 0.05) is 31.6 Å². The molecule has 3 aliphatic rings. The lowest BCUT2D eigenvalue weighted by molar-refractivity contribution is -0.141. The minimum Gasteiger partial charge on any atom is -0.507 e. The van der Waals surface area contributed by atoms with Crippen molar-refractivity contribution >= 4 is 23.9 Å². The number of carboxylic acids is 1. The van der Waals surface area contributed by atoms with Crippen molar-refractivity contribution in [1.29, 1.82) is 0 Å². The molecule has 0 saturated carbocycles. The summed E-state index contributed by atoms with van der Waals surface area (Å²) < 4.78 is 11.8. The van der Waals surface area contributed by atoms with E-state index in [0.29, 0.717) is 45.4 Å². The van der Waals surface area contributed by atoms with E-state index in [2.05, 4.69) is 6.92 Å². The number of fused-ring (bicyclic) bond motifs is 3. The van der Waals surface area contributed by atoms with E-state index < -0.39 is 11.9 Å². The number of phenols is 1. The number of carbonyl (C=O) groups excluding carboxylic acids is 2. The number of hydrogen-bond acceptors (Lipinski definition) is 6. The molecule has 4 rings (SSSR count). The molecule has 0 aromatic heterocycles. The molecule has 0 bridgehead atoms. The molecule has 2 N–H and O–H groups in total. The van der Waals surface area contributed by atoms with Gasteiger partial charge in [-0.15, -0.1) is 0 Å². The molecule has 2 heterocycles. The zero-order valence-corrected chi connectivity index (χ0v) is 22.4. The van der Waals surface area contributed by atoms with Crippen molar-refractivity contribution in [2.75, 3.05) is 26.9 Å². The Labute approximate surface area is 224 Å². The van der Waals surface area contributed by atoms with Crippen LogP contribution in [0.2, 0.25) is 0 Å². The Kier molecular flexibility index (Phi) is 9.39. The average Bonchev–Trinajstić information content (AvgIpc) is 3.42. The number of carbonyl (C=O) groups is 3. The predicted octanol–water partition coefficient (Wildman–Crippen LogP) is 4.57. The molecule has 2 amide bonds. The van der Waals surface area contributed by atoms with E-state index in [0.717, 1.165) is 36.0 Å². The smallest absolute Gasteiger partial charge is 0.303 e. The van der Waals surface area contributed by atoms with Gasteiger partial charge in [-0.25, -0.2) is 0 Å². The molecule has 8 nitrogen and oxygen atoms in total. The number of ether oxygens (including phenoxy) is 2. The van der Waals surface area contributed by atoms with Crippen LogP contribution in [0.15, 0.2) is 41.0 Å². The van der Waals surface area contributed by atoms with Crippen LogP contribution in [0.25, 0.3) is 6.08 Å². The highest BCUT2D eigenvalue weighted by molar-refractivity contribution is 6.06. The van der Waals surface area contributed by atoms with Crippen LogP contribution in [0, 0.1) is 17.8 Å². The Hall–Kier alpha value is -2.97. The lowest BCUT2D eigenvalue weighted by Crippen LogP contribution is -2.35. The van der Waals surface area contributed by atoms with Crippen molar-refractivity contribution in [2.45, 2.75) is 64.4 Å². The monoisotopic (exact) mass is 525 g/mol. The molecular weight excluding hydrogens is 486 g/mol. The predicted molar refractivity (Wildman–Crippen MR) is 142 cm³/mol. The fourth-order valence-electron chi connectivity index (χ4n) is 6.29. The molecule has 1 aromatic rings. The number of amides is 2. The van der Waals surface area contributed by atoms with Gasteiger partial charge in [0.1, 0.15) is 5.75 Å². The Balaban J connectivity index is 1.46. The van der Waals surface area contributed by atoms with E-state index in [1.54, 1.807) is 19.2 Å². The molecule has 2 saturated heterocycles. The first kappa shape index (κ1) is 28.0.